The molecule has 3 rings (SSSR count). The van der Waals surface area contributed by atoms with Gasteiger partial charge in [-0.25, -0.2) is 4.98 Å². The van der Waals surface area contributed by atoms with Crippen molar-refractivity contribution in [1.29, 1.82) is 0 Å². The first-order valence-electron chi connectivity index (χ1n) is 8.72. The normalized spacial score (nSPS) is 14.8. The van der Waals surface area contributed by atoms with Crippen molar-refractivity contribution in [3.05, 3.63) is 40.4 Å². The van der Waals surface area contributed by atoms with Crippen LogP contribution >= 0.6 is 23.1 Å². The highest BCUT2D eigenvalue weighted by atomic mass is 32.2. The lowest BCUT2D eigenvalue weighted by Gasteiger charge is -2.12. The fourth-order valence-corrected chi connectivity index (χ4v) is 4.97. The maximum atomic E-state index is 12.8. The molecule has 1 heterocycles. The number of nitrogens with zero attached hydrogens (tertiary/aromatic N) is 1. The van der Waals surface area contributed by atoms with E-state index in [9.17, 15) is 9.59 Å². The second-order valence-electron chi connectivity index (χ2n) is 6.18. The SMILES string of the molecule is COC(=O)[C@@H](C)Sc1ccccc1C(=O)Nc1nc2c(s1)CCCCC2. The molecule has 0 saturated carbocycles. The van der Waals surface area contributed by atoms with Gasteiger partial charge < -0.3 is 4.74 Å². The standard InChI is InChI=1S/C19H22N2O3S2/c1-12(18(23)24-2)25-15-10-7-6-8-13(15)17(22)21-19-20-14-9-4-3-5-11-16(14)26-19/h6-8,10,12H,3-5,9,11H2,1-2H3,(H,20,21,22)/t12-/m1/s1. The van der Waals surface area contributed by atoms with Gasteiger partial charge in [0.05, 0.1) is 18.4 Å². The zero-order valence-corrected chi connectivity index (χ0v) is 16.5. The second kappa shape index (κ2) is 8.68. The van der Waals surface area contributed by atoms with Gasteiger partial charge in [-0.1, -0.05) is 18.6 Å². The Morgan fingerprint density at radius 2 is 2.00 bits per heavy atom. The first-order chi connectivity index (χ1) is 12.6. The highest BCUT2D eigenvalue weighted by molar-refractivity contribution is 8.00. The summed E-state index contributed by atoms with van der Waals surface area (Å²) in [5, 5.41) is 3.20. The van der Waals surface area contributed by atoms with E-state index in [1.807, 2.05) is 18.2 Å². The molecule has 138 valence electrons. The van der Waals surface area contributed by atoms with Crippen LogP contribution in [0.4, 0.5) is 5.13 Å². The van der Waals surface area contributed by atoms with E-state index in [1.165, 1.54) is 36.6 Å². The van der Waals surface area contributed by atoms with Gasteiger partial charge in [0, 0.05) is 9.77 Å². The fraction of sp³-hybridized carbons (Fsp3) is 0.421. The molecule has 5 nitrogen and oxygen atoms in total. The number of methoxy groups -OCH3 is 1. The summed E-state index contributed by atoms with van der Waals surface area (Å²) < 4.78 is 4.77. The molecule has 1 aromatic heterocycles. The van der Waals surface area contributed by atoms with Gasteiger partial charge in [-0.05, 0) is 44.7 Å². The van der Waals surface area contributed by atoms with Gasteiger partial charge in [-0.2, -0.15) is 0 Å². The predicted octanol–water partition coefficient (Wildman–Crippen LogP) is 4.32. The molecule has 26 heavy (non-hydrogen) atoms. The number of aryl methyl sites for hydroxylation is 2. The molecular formula is C19H22N2O3S2. The fourth-order valence-electron chi connectivity index (χ4n) is 2.91. The Balaban J connectivity index is 1.75. The third-order valence-corrected chi connectivity index (χ3v) is 6.51. The zero-order chi connectivity index (χ0) is 18.5. The minimum absolute atomic E-state index is 0.200. The number of thioether (sulfide) groups is 1. The smallest absolute Gasteiger partial charge is 0.318 e. The summed E-state index contributed by atoms with van der Waals surface area (Å²) >= 11 is 2.90. The van der Waals surface area contributed by atoms with Crippen molar-refractivity contribution in [1.82, 2.24) is 4.98 Å². The molecule has 0 saturated heterocycles. The predicted molar refractivity (Wildman–Crippen MR) is 105 cm³/mol. The maximum Gasteiger partial charge on any atom is 0.318 e. The summed E-state index contributed by atoms with van der Waals surface area (Å²) in [4.78, 5) is 31.1. The highest BCUT2D eigenvalue weighted by Crippen LogP contribution is 2.31. The number of esters is 1. The highest BCUT2D eigenvalue weighted by Gasteiger charge is 2.20. The minimum Gasteiger partial charge on any atom is -0.468 e. The Kier molecular flexibility index (Phi) is 6.32. The first kappa shape index (κ1) is 18.9. The Labute approximate surface area is 161 Å². The molecule has 1 aliphatic carbocycles. The molecule has 0 fully saturated rings. The quantitative estimate of drug-likeness (QED) is 0.468. The number of nitrogens with one attached hydrogen (secondary N) is 1. The van der Waals surface area contributed by atoms with Gasteiger partial charge in [0.1, 0.15) is 5.25 Å². The van der Waals surface area contributed by atoms with E-state index < -0.39 is 0 Å². The number of carbonyl (C=O) groups is 2. The van der Waals surface area contributed by atoms with Crippen molar-refractivity contribution in [3.63, 3.8) is 0 Å². The van der Waals surface area contributed by atoms with Crippen molar-refractivity contribution in [3.8, 4) is 0 Å². The average molecular weight is 391 g/mol. The van der Waals surface area contributed by atoms with Crippen LogP contribution in [0.25, 0.3) is 0 Å². The number of fused-ring (bicyclic) bond motifs is 1. The third kappa shape index (κ3) is 4.45. The lowest BCUT2D eigenvalue weighted by molar-refractivity contribution is -0.139. The molecule has 1 aliphatic rings. The average Bonchev–Trinajstić information content (AvgIpc) is 2.89. The summed E-state index contributed by atoms with van der Waals surface area (Å²) in [5.74, 6) is -0.511. The van der Waals surface area contributed by atoms with Crippen molar-refractivity contribution in [2.45, 2.75) is 49.2 Å². The maximum absolute atomic E-state index is 12.8. The lowest BCUT2D eigenvalue weighted by Crippen LogP contribution is -2.17. The van der Waals surface area contributed by atoms with Crippen LogP contribution in [0.2, 0.25) is 0 Å². The van der Waals surface area contributed by atoms with Gasteiger partial charge in [-0.3, -0.25) is 14.9 Å². The van der Waals surface area contributed by atoms with E-state index >= 15 is 0 Å². The largest absolute Gasteiger partial charge is 0.468 e. The van der Waals surface area contributed by atoms with Crippen LogP contribution in [0.5, 0.6) is 0 Å². The Morgan fingerprint density at radius 3 is 2.81 bits per heavy atom. The number of carbonyl (C=O) groups excluding carboxylic acids is 2. The number of anilines is 1. The Hall–Kier alpha value is -1.86. The molecule has 7 heteroatoms. The van der Waals surface area contributed by atoms with Gasteiger partial charge in [-0.15, -0.1) is 23.1 Å². The summed E-state index contributed by atoms with van der Waals surface area (Å²) in [7, 11) is 1.37. The molecule has 1 aromatic carbocycles. The summed E-state index contributed by atoms with van der Waals surface area (Å²) in [6.45, 7) is 1.77. The number of thiazole rings is 1. The minimum atomic E-state index is -0.384. The van der Waals surface area contributed by atoms with E-state index in [-0.39, 0.29) is 17.1 Å². The van der Waals surface area contributed by atoms with Crippen LogP contribution in [0, 0.1) is 0 Å². The van der Waals surface area contributed by atoms with E-state index in [0.29, 0.717) is 10.7 Å². The molecule has 0 aliphatic heterocycles. The summed E-state index contributed by atoms with van der Waals surface area (Å²) in [6.07, 6.45) is 5.63. The van der Waals surface area contributed by atoms with Crippen LogP contribution in [0.1, 0.15) is 47.1 Å². The number of ether oxygens (including phenoxy) is 1. The van der Waals surface area contributed by atoms with Gasteiger partial charge in [0.2, 0.25) is 0 Å². The second-order valence-corrected chi connectivity index (χ2v) is 8.65. The van der Waals surface area contributed by atoms with Crippen LogP contribution in [0.3, 0.4) is 0 Å². The van der Waals surface area contributed by atoms with Crippen molar-refractivity contribution < 1.29 is 14.3 Å². The number of hydrogen-bond acceptors (Lipinski definition) is 6. The van der Waals surface area contributed by atoms with Gasteiger partial charge in [0.25, 0.3) is 5.91 Å². The lowest BCUT2D eigenvalue weighted by atomic mass is 10.2. The molecule has 0 unspecified atom stereocenters. The van der Waals surface area contributed by atoms with Crippen LogP contribution in [-0.4, -0.2) is 29.2 Å². The topological polar surface area (TPSA) is 68.3 Å². The monoisotopic (exact) mass is 390 g/mol. The molecule has 1 amide bonds. The molecule has 0 bridgehead atoms. The Bertz CT molecular complexity index is 780. The van der Waals surface area contributed by atoms with Crippen molar-refractivity contribution in [2.75, 3.05) is 12.4 Å². The van der Waals surface area contributed by atoms with Crippen LogP contribution in [-0.2, 0) is 22.4 Å². The van der Waals surface area contributed by atoms with E-state index in [0.717, 1.165) is 29.9 Å². The number of rotatable bonds is 5. The third-order valence-electron chi connectivity index (χ3n) is 4.28. The molecule has 1 N–H and O–H groups in total. The molecule has 0 spiro atoms. The molecule has 0 radical (unpaired) electrons. The summed E-state index contributed by atoms with van der Waals surface area (Å²) in [5.41, 5.74) is 1.67. The number of benzene rings is 1. The van der Waals surface area contributed by atoms with E-state index in [2.05, 4.69) is 10.3 Å². The van der Waals surface area contributed by atoms with E-state index in [4.69, 9.17) is 4.74 Å². The van der Waals surface area contributed by atoms with Gasteiger partial charge >= 0.3 is 5.97 Å². The van der Waals surface area contributed by atoms with Crippen molar-refractivity contribution >= 4 is 40.1 Å². The van der Waals surface area contributed by atoms with E-state index in [1.54, 1.807) is 24.3 Å². The van der Waals surface area contributed by atoms with Crippen LogP contribution < -0.4 is 5.32 Å². The van der Waals surface area contributed by atoms with Crippen LogP contribution in [0.15, 0.2) is 29.2 Å². The van der Waals surface area contributed by atoms with Gasteiger partial charge in [0.15, 0.2) is 5.13 Å². The molecular weight excluding hydrogens is 368 g/mol. The molecule has 1 atom stereocenters. The Morgan fingerprint density at radius 1 is 1.23 bits per heavy atom. The molecule has 2 aromatic rings. The summed E-state index contributed by atoms with van der Waals surface area (Å²) in [6, 6.07) is 7.28. The van der Waals surface area contributed by atoms with Crippen molar-refractivity contribution in [2.24, 2.45) is 0 Å². The first-order valence-corrected chi connectivity index (χ1v) is 10.4. The zero-order valence-electron chi connectivity index (χ0n) is 14.9. The number of amides is 1. The number of hydrogen-bond donors (Lipinski definition) is 1. The number of aromatic nitrogens is 1.